The lowest BCUT2D eigenvalue weighted by Gasteiger charge is -2.40. The van der Waals surface area contributed by atoms with Crippen LogP contribution in [-0.2, 0) is 20.7 Å². The number of benzene rings is 2. The third kappa shape index (κ3) is 5.47. The van der Waals surface area contributed by atoms with Crippen LogP contribution in [0.1, 0.15) is 43.9 Å². The van der Waals surface area contributed by atoms with E-state index in [0.29, 0.717) is 30.7 Å². The highest BCUT2D eigenvalue weighted by molar-refractivity contribution is 8.13. The van der Waals surface area contributed by atoms with Crippen molar-refractivity contribution in [3.05, 3.63) is 77.0 Å². The molecular weight excluding hydrogens is 434 g/mol. The van der Waals surface area contributed by atoms with Crippen LogP contribution in [0.5, 0.6) is 0 Å². The van der Waals surface area contributed by atoms with Crippen LogP contribution >= 0.6 is 11.8 Å². The van der Waals surface area contributed by atoms with Crippen LogP contribution in [0.25, 0.3) is 0 Å². The lowest BCUT2D eigenvalue weighted by Crippen LogP contribution is -2.42. The fourth-order valence-electron chi connectivity index (χ4n) is 4.20. The molecule has 0 spiro atoms. The molecule has 2 aromatic carbocycles. The average Bonchev–Trinajstić information content (AvgIpc) is 2.83. The molecule has 172 valence electrons. The second kappa shape index (κ2) is 10.7. The molecule has 1 N–H and O–H groups in total. The maximum atomic E-state index is 12.9. The van der Waals surface area contributed by atoms with E-state index in [4.69, 9.17) is 9.73 Å². The molecule has 33 heavy (non-hydrogen) atoms. The highest BCUT2D eigenvalue weighted by atomic mass is 32.2. The fourth-order valence-corrected chi connectivity index (χ4v) is 5.22. The number of amides is 1. The van der Waals surface area contributed by atoms with Crippen LogP contribution in [0.3, 0.4) is 0 Å². The number of aryl methyl sites for hydroxylation is 1. The summed E-state index contributed by atoms with van der Waals surface area (Å²) in [5.74, 6) is 0.644. The Morgan fingerprint density at radius 3 is 2.79 bits per heavy atom. The molecule has 0 unspecified atom stereocenters. The summed E-state index contributed by atoms with van der Waals surface area (Å²) in [4.78, 5) is 32.4. The molecule has 2 aliphatic heterocycles. The average molecular weight is 464 g/mol. The normalized spacial score (nSPS) is 17.8. The quantitative estimate of drug-likeness (QED) is 0.589. The molecule has 7 heteroatoms. The number of carbonyl (C=O) groups excluding carboxylic acids is 2. The number of hydrogen-bond donors (Lipinski definition) is 1. The summed E-state index contributed by atoms with van der Waals surface area (Å²) in [6.45, 7) is 4.81. The number of thioether (sulfide) groups is 1. The minimum atomic E-state index is -0.337. The third-order valence-electron chi connectivity index (χ3n) is 5.72. The molecule has 0 aliphatic carbocycles. The molecule has 6 nitrogen and oxygen atoms in total. The van der Waals surface area contributed by atoms with Crippen LogP contribution < -0.4 is 5.32 Å². The Morgan fingerprint density at radius 2 is 2.00 bits per heavy atom. The highest BCUT2D eigenvalue weighted by Crippen LogP contribution is 2.40. The Labute approximate surface area is 199 Å². The predicted octanol–water partition coefficient (Wildman–Crippen LogP) is 4.94. The summed E-state index contributed by atoms with van der Waals surface area (Å²) in [6.07, 6.45) is 2.12. The summed E-state index contributed by atoms with van der Waals surface area (Å²) in [5.41, 5.74) is 4.05. The molecule has 1 amide bonds. The Balaban J connectivity index is 1.56. The largest absolute Gasteiger partial charge is 0.463 e. The molecule has 0 radical (unpaired) electrons. The van der Waals surface area contributed by atoms with E-state index in [9.17, 15) is 9.59 Å². The maximum Gasteiger partial charge on any atom is 0.338 e. The number of nitrogens with one attached hydrogen (secondary N) is 1. The van der Waals surface area contributed by atoms with E-state index < -0.39 is 0 Å². The Hall–Kier alpha value is -3.06. The van der Waals surface area contributed by atoms with E-state index in [2.05, 4.69) is 10.2 Å². The standard InChI is InChI=1S/C26H29N3O3S/c1-3-32-25(31)23-18(2)27-26-29(15-8-16-33-26)24(23)20-11-7-12-21(17-20)28-22(30)14-13-19-9-5-4-6-10-19/h4-7,9-12,17,24H,3,8,13-16H2,1-2H3,(H,28,30)/t24-/m0/s1. The first-order valence-corrected chi connectivity index (χ1v) is 12.3. The van der Waals surface area contributed by atoms with E-state index in [-0.39, 0.29) is 17.9 Å². The molecule has 4 rings (SSSR count). The molecule has 2 heterocycles. The van der Waals surface area contributed by atoms with Gasteiger partial charge in [0, 0.05) is 24.4 Å². The van der Waals surface area contributed by atoms with Gasteiger partial charge in [-0.1, -0.05) is 54.2 Å². The van der Waals surface area contributed by atoms with Gasteiger partial charge in [-0.3, -0.25) is 4.79 Å². The van der Waals surface area contributed by atoms with E-state index >= 15 is 0 Å². The van der Waals surface area contributed by atoms with Crippen LogP contribution in [-0.4, -0.2) is 40.8 Å². The monoisotopic (exact) mass is 463 g/mol. The van der Waals surface area contributed by atoms with Crippen molar-refractivity contribution in [1.82, 2.24) is 4.90 Å². The van der Waals surface area contributed by atoms with E-state index in [1.807, 2.05) is 68.4 Å². The zero-order valence-corrected chi connectivity index (χ0v) is 19.9. The number of aliphatic imine (C=N–C) groups is 1. The molecule has 1 atom stereocenters. The van der Waals surface area contributed by atoms with E-state index in [0.717, 1.165) is 40.7 Å². The Bertz CT molecular complexity index is 1080. The summed E-state index contributed by atoms with van der Waals surface area (Å²) in [7, 11) is 0. The first kappa shape index (κ1) is 23.1. The first-order valence-electron chi connectivity index (χ1n) is 11.4. The SMILES string of the molecule is CCOC(=O)C1=C(C)N=C2SCCCN2[C@H]1c1cccc(NC(=O)CCc2ccccc2)c1. The van der Waals surface area contributed by atoms with Crippen molar-refractivity contribution < 1.29 is 14.3 Å². The van der Waals surface area contributed by atoms with Crippen molar-refractivity contribution in [3.63, 3.8) is 0 Å². The summed E-state index contributed by atoms with van der Waals surface area (Å²) in [6, 6.07) is 17.5. The number of esters is 1. The van der Waals surface area contributed by atoms with Gasteiger partial charge in [0.2, 0.25) is 5.91 Å². The van der Waals surface area contributed by atoms with Gasteiger partial charge in [0.1, 0.15) is 0 Å². The molecule has 0 saturated carbocycles. The van der Waals surface area contributed by atoms with Crippen LogP contribution in [0, 0.1) is 0 Å². The molecule has 0 aromatic heterocycles. The summed E-state index contributed by atoms with van der Waals surface area (Å²) < 4.78 is 5.38. The molecule has 0 bridgehead atoms. The Morgan fingerprint density at radius 1 is 1.18 bits per heavy atom. The lowest BCUT2D eigenvalue weighted by atomic mass is 9.94. The van der Waals surface area contributed by atoms with Crippen LogP contribution in [0.2, 0.25) is 0 Å². The van der Waals surface area contributed by atoms with Gasteiger partial charge in [-0.25, -0.2) is 9.79 Å². The number of anilines is 1. The summed E-state index contributed by atoms with van der Waals surface area (Å²) in [5, 5.41) is 3.96. The topological polar surface area (TPSA) is 71.0 Å². The van der Waals surface area contributed by atoms with Crippen molar-refractivity contribution in [3.8, 4) is 0 Å². The van der Waals surface area contributed by atoms with E-state index in [1.165, 1.54) is 0 Å². The number of ether oxygens (including phenoxy) is 1. The predicted molar refractivity (Wildman–Crippen MR) is 133 cm³/mol. The molecule has 2 aromatic rings. The second-order valence-corrected chi connectivity index (χ2v) is 9.13. The Kier molecular flexibility index (Phi) is 7.50. The van der Waals surface area contributed by atoms with Gasteiger partial charge < -0.3 is 15.0 Å². The number of fused-ring (bicyclic) bond motifs is 1. The van der Waals surface area contributed by atoms with Crippen molar-refractivity contribution in [2.24, 2.45) is 4.99 Å². The van der Waals surface area contributed by atoms with Gasteiger partial charge in [-0.05, 0) is 49.9 Å². The van der Waals surface area contributed by atoms with Crippen molar-refractivity contribution >= 4 is 34.5 Å². The van der Waals surface area contributed by atoms with Crippen LogP contribution in [0.15, 0.2) is 70.9 Å². The third-order valence-corrected chi connectivity index (χ3v) is 6.80. The van der Waals surface area contributed by atoms with Gasteiger partial charge >= 0.3 is 5.97 Å². The number of carbonyl (C=O) groups is 2. The zero-order valence-electron chi connectivity index (χ0n) is 19.0. The van der Waals surface area contributed by atoms with Gasteiger partial charge in [0.15, 0.2) is 5.17 Å². The minimum Gasteiger partial charge on any atom is -0.463 e. The van der Waals surface area contributed by atoms with Crippen molar-refractivity contribution in [2.45, 2.75) is 39.2 Å². The molecule has 1 fully saturated rings. The zero-order chi connectivity index (χ0) is 23.2. The number of allylic oxidation sites excluding steroid dienone is 1. The maximum absolute atomic E-state index is 12.9. The summed E-state index contributed by atoms with van der Waals surface area (Å²) >= 11 is 1.72. The van der Waals surface area contributed by atoms with Gasteiger partial charge in [-0.2, -0.15) is 0 Å². The number of hydrogen-bond acceptors (Lipinski definition) is 6. The fraction of sp³-hybridized carbons (Fsp3) is 0.346. The highest BCUT2D eigenvalue weighted by Gasteiger charge is 2.37. The molecule has 2 aliphatic rings. The molecular formula is C26H29N3O3S. The van der Waals surface area contributed by atoms with E-state index in [1.54, 1.807) is 11.8 Å². The van der Waals surface area contributed by atoms with Crippen LogP contribution in [0.4, 0.5) is 5.69 Å². The number of amidine groups is 1. The molecule has 1 saturated heterocycles. The number of rotatable bonds is 7. The first-order chi connectivity index (χ1) is 16.1. The van der Waals surface area contributed by atoms with Crippen molar-refractivity contribution in [2.75, 3.05) is 24.2 Å². The second-order valence-electron chi connectivity index (χ2n) is 8.07. The smallest absolute Gasteiger partial charge is 0.338 e. The lowest BCUT2D eigenvalue weighted by molar-refractivity contribution is -0.139. The van der Waals surface area contributed by atoms with Crippen molar-refractivity contribution in [1.29, 1.82) is 0 Å². The van der Waals surface area contributed by atoms with Gasteiger partial charge in [-0.15, -0.1) is 0 Å². The number of nitrogens with zero attached hydrogens (tertiary/aromatic N) is 2. The van der Waals surface area contributed by atoms with Gasteiger partial charge in [0.05, 0.1) is 23.9 Å². The van der Waals surface area contributed by atoms with Gasteiger partial charge in [0.25, 0.3) is 0 Å². The minimum absolute atomic E-state index is 0.0345.